The van der Waals surface area contributed by atoms with Crippen molar-refractivity contribution in [3.05, 3.63) is 0 Å². The van der Waals surface area contributed by atoms with E-state index in [0.29, 0.717) is 0 Å². The van der Waals surface area contributed by atoms with Gasteiger partial charge < -0.3 is 15.1 Å². The van der Waals surface area contributed by atoms with Crippen LogP contribution < -0.4 is 0 Å². The molecule has 0 aromatic heterocycles. The van der Waals surface area contributed by atoms with Gasteiger partial charge in [0.2, 0.25) is 0 Å². The summed E-state index contributed by atoms with van der Waals surface area (Å²) in [4.78, 5) is 13.7. The molecule has 0 saturated carbocycles. The van der Waals surface area contributed by atoms with Crippen molar-refractivity contribution in [3.63, 3.8) is 0 Å². The second-order valence-electron chi connectivity index (χ2n) is 5.50. The van der Waals surface area contributed by atoms with Crippen LogP contribution in [0.1, 0.15) is 51.9 Å². The standard InChI is InChI=1S/C14H27NO3/c1-2-7-14(13(17)18)8-10-15(12-14)9-5-3-4-6-11-16/h16H,2-12H2,1H3,(H,17,18). The molecule has 0 spiro atoms. The maximum Gasteiger partial charge on any atom is 0.310 e. The summed E-state index contributed by atoms with van der Waals surface area (Å²) < 4.78 is 0. The monoisotopic (exact) mass is 257 g/mol. The maximum atomic E-state index is 11.4. The molecule has 0 aromatic rings. The molecule has 2 N–H and O–H groups in total. The fourth-order valence-electron chi connectivity index (χ4n) is 2.91. The summed E-state index contributed by atoms with van der Waals surface area (Å²) in [6.07, 6.45) is 6.73. The third-order valence-electron chi connectivity index (χ3n) is 4.00. The summed E-state index contributed by atoms with van der Waals surface area (Å²) in [6.45, 7) is 4.98. The minimum atomic E-state index is -0.618. The molecule has 1 rings (SSSR count). The van der Waals surface area contributed by atoms with E-state index >= 15 is 0 Å². The zero-order chi connectivity index (χ0) is 13.4. The molecule has 1 aliphatic rings. The Labute approximate surface area is 110 Å². The Kier molecular flexibility index (Phi) is 6.65. The molecule has 0 aliphatic carbocycles. The van der Waals surface area contributed by atoms with E-state index in [1.165, 1.54) is 0 Å². The molecule has 1 fully saturated rings. The lowest BCUT2D eigenvalue weighted by atomic mass is 9.83. The normalized spacial score (nSPS) is 24.6. The second kappa shape index (κ2) is 7.74. The number of aliphatic hydroxyl groups is 1. The molecule has 4 nitrogen and oxygen atoms in total. The molecule has 106 valence electrons. The number of rotatable bonds is 9. The van der Waals surface area contributed by atoms with E-state index < -0.39 is 11.4 Å². The van der Waals surface area contributed by atoms with Gasteiger partial charge in [0.25, 0.3) is 0 Å². The van der Waals surface area contributed by atoms with Gasteiger partial charge in [0, 0.05) is 13.2 Å². The van der Waals surface area contributed by atoms with Crippen LogP contribution in [0, 0.1) is 5.41 Å². The molecule has 1 heterocycles. The van der Waals surface area contributed by atoms with Crippen LogP contribution in [0.25, 0.3) is 0 Å². The number of likely N-dealkylation sites (tertiary alicyclic amines) is 1. The highest BCUT2D eigenvalue weighted by atomic mass is 16.4. The van der Waals surface area contributed by atoms with Gasteiger partial charge in [0.05, 0.1) is 5.41 Å². The molecular weight excluding hydrogens is 230 g/mol. The second-order valence-corrected chi connectivity index (χ2v) is 5.50. The van der Waals surface area contributed by atoms with Crippen LogP contribution >= 0.6 is 0 Å². The minimum Gasteiger partial charge on any atom is -0.481 e. The third-order valence-corrected chi connectivity index (χ3v) is 4.00. The number of carbonyl (C=O) groups is 1. The van der Waals surface area contributed by atoms with Crippen LogP contribution in [0.15, 0.2) is 0 Å². The number of carboxylic acids is 1. The summed E-state index contributed by atoms with van der Waals surface area (Å²) in [6, 6.07) is 0. The minimum absolute atomic E-state index is 0.280. The van der Waals surface area contributed by atoms with Crippen molar-refractivity contribution >= 4 is 5.97 Å². The lowest BCUT2D eigenvalue weighted by molar-refractivity contribution is -0.148. The zero-order valence-electron chi connectivity index (χ0n) is 11.5. The fraction of sp³-hybridized carbons (Fsp3) is 0.929. The van der Waals surface area contributed by atoms with Crippen molar-refractivity contribution in [1.82, 2.24) is 4.90 Å². The average molecular weight is 257 g/mol. The van der Waals surface area contributed by atoms with Gasteiger partial charge in [0.15, 0.2) is 0 Å². The van der Waals surface area contributed by atoms with E-state index in [4.69, 9.17) is 5.11 Å². The lowest BCUT2D eigenvalue weighted by Gasteiger charge is -2.24. The van der Waals surface area contributed by atoms with Crippen molar-refractivity contribution in [1.29, 1.82) is 0 Å². The Morgan fingerprint density at radius 3 is 2.61 bits per heavy atom. The van der Waals surface area contributed by atoms with E-state index in [0.717, 1.165) is 64.6 Å². The van der Waals surface area contributed by atoms with Crippen molar-refractivity contribution in [2.24, 2.45) is 5.41 Å². The average Bonchev–Trinajstić information content (AvgIpc) is 2.74. The Morgan fingerprint density at radius 1 is 1.28 bits per heavy atom. The number of hydrogen-bond acceptors (Lipinski definition) is 3. The molecule has 0 bridgehead atoms. The lowest BCUT2D eigenvalue weighted by Crippen LogP contribution is -2.34. The van der Waals surface area contributed by atoms with Gasteiger partial charge in [-0.25, -0.2) is 0 Å². The predicted molar refractivity (Wildman–Crippen MR) is 71.6 cm³/mol. The molecule has 18 heavy (non-hydrogen) atoms. The number of nitrogens with zero attached hydrogens (tertiary/aromatic N) is 1. The highest BCUT2D eigenvalue weighted by Gasteiger charge is 2.43. The van der Waals surface area contributed by atoms with E-state index in [1.807, 2.05) is 0 Å². The first-order chi connectivity index (χ1) is 8.64. The highest BCUT2D eigenvalue weighted by Crippen LogP contribution is 2.35. The molecule has 4 heteroatoms. The fourth-order valence-corrected chi connectivity index (χ4v) is 2.91. The first-order valence-corrected chi connectivity index (χ1v) is 7.21. The first-order valence-electron chi connectivity index (χ1n) is 7.21. The Morgan fingerprint density at radius 2 is 2.00 bits per heavy atom. The molecule has 1 saturated heterocycles. The largest absolute Gasteiger partial charge is 0.481 e. The van der Waals surface area contributed by atoms with Gasteiger partial charge in [-0.15, -0.1) is 0 Å². The SMILES string of the molecule is CCCC1(C(=O)O)CCN(CCCCCCO)C1. The summed E-state index contributed by atoms with van der Waals surface area (Å²) in [5.41, 5.74) is -0.486. The van der Waals surface area contributed by atoms with Crippen LogP contribution in [-0.2, 0) is 4.79 Å². The van der Waals surface area contributed by atoms with Crippen LogP contribution in [0.5, 0.6) is 0 Å². The van der Waals surface area contributed by atoms with Crippen LogP contribution in [0.4, 0.5) is 0 Å². The number of aliphatic carboxylic acids is 1. The molecule has 1 unspecified atom stereocenters. The third kappa shape index (κ3) is 4.25. The van der Waals surface area contributed by atoms with E-state index in [-0.39, 0.29) is 6.61 Å². The van der Waals surface area contributed by atoms with Crippen LogP contribution in [-0.4, -0.2) is 47.3 Å². The van der Waals surface area contributed by atoms with Crippen molar-refractivity contribution in [2.45, 2.75) is 51.9 Å². The van der Waals surface area contributed by atoms with E-state index in [1.54, 1.807) is 0 Å². The summed E-state index contributed by atoms with van der Waals surface area (Å²) in [5.74, 6) is -0.618. The molecule has 0 aromatic carbocycles. The summed E-state index contributed by atoms with van der Waals surface area (Å²) >= 11 is 0. The Balaban J connectivity index is 2.28. The van der Waals surface area contributed by atoms with Gasteiger partial charge >= 0.3 is 5.97 Å². The highest BCUT2D eigenvalue weighted by molar-refractivity contribution is 5.75. The molecular formula is C14H27NO3. The van der Waals surface area contributed by atoms with Crippen LogP contribution in [0.3, 0.4) is 0 Å². The van der Waals surface area contributed by atoms with E-state index in [9.17, 15) is 9.90 Å². The number of aliphatic hydroxyl groups excluding tert-OH is 1. The first kappa shape index (κ1) is 15.4. The molecule has 1 atom stereocenters. The van der Waals surface area contributed by atoms with Gasteiger partial charge in [0.1, 0.15) is 0 Å². The van der Waals surface area contributed by atoms with Gasteiger partial charge in [-0.05, 0) is 38.8 Å². The zero-order valence-corrected chi connectivity index (χ0v) is 11.5. The Hall–Kier alpha value is -0.610. The van der Waals surface area contributed by atoms with Crippen molar-refractivity contribution in [3.8, 4) is 0 Å². The number of unbranched alkanes of at least 4 members (excludes halogenated alkanes) is 3. The number of carboxylic acid groups (broad SMARTS) is 1. The maximum absolute atomic E-state index is 11.4. The number of hydrogen-bond donors (Lipinski definition) is 2. The topological polar surface area (TPSA) is 60.8 Å². The van der Waals surface area contributed by atoms with Crippen LogP contribution in [0.2, 0.25) is 0 Å². The van der Waals surface area contributed by atoms with Gasteiger partial charge in [-0.3, -0.25) is 4.79 Å². The smallest absolute Gasteiger partial charge is 0.310 e. The van der Waals surface area contributed by atoms with Crippen molar-refractivity contribution in [2.75, 3.05) is 26.2 Å². The summed E-state index contributed by atoms with van der Waals surface area (Å²) in [5, 5.41) is 18.1. The Bertz CT molecular complexity index is 257. The van der Waals surface area contributed by atoms with Gasteiger partial charge in [-0.2, -0.15) is 0 Å². The van der Waals surface area contributed by atoms with E-state index in [2.05, 4.69) is 11.8 Å². The summed E-state index contributed by atoms with van der Waals surface area (Å²) in [7, 11) is 0. The van der Waals surface area contributed by atoms with Crippen molar-refractivity contribution < 1.29 is 15.0 Å². The molecule has 0 radical (unpaired) electrons. The molecule has 0 amide bonds. The predicted octanol–water partition coefficient (Wildman–Crippen LogP) is 2.12. The van der Waals surface area contributed by atoms with Gasteiger partial charge in [-0.1, -0.05) is 26.2 Å². The molecule has 1 aliphatic heterocycles. The quantitative estimate of drug-likeness (QED) is 0.621.